The lowest BCUT2D eigenvalue weighted by Gasteiger charge is -2.10. The molecule has 0 atom stereocenters. The van der Waals surface area contributed by atoms with Gasteiger partial charge in [-0.05, 0) is 66.1 Å². The zero-order chi connectivity index (χ0) is 24.0. The summed E-state index contributed by atoms with van der Waals surface area (Å²) >= 11 is 6.01. The molecule has 9 heteroatoms. The molecule has 0 radical (unpaired) electrons. The summed E-state index contributed by atoms with van der Waals surface area (Å²) in [4.78, 5) is 24.5. The molecule has 2 N–H and O–H groups in total. The van der Waals surface area contributed by atoms with Crippen LogP contribution in [0, 0.1) is 6.92 Å². The molecule has 172 valence electrons. The van der Waals surface area contributed by atoms with Gasteiger partial charge in [-0.15, -0.1) is 0 Å². The van der Waals surface area contributed by atoms with Crippen molar-refractivity contribution in [2.75, 3.05) is 6.26 Å². The highest BCUT2D eigenvalue weighted by molar-refractivity contribution is 7.89. The summed E-state index contributed by atoms with van der Waals surface area (Å²) in [6.45, 7) is 2.23. The fraction of sp³-hybridized carbons (Fsp3) is 0.167. The lowest BCUT2D eigenvalue weighted by molar-refractivity contribution is 0.0846. The van der Waals surface area contributed by atoms with Crippen LogP contribution in [0.25, 0.3) is 0 Å². The maximum absolute atomic E-state index is 12.3. The largest absolute Gasteiger partial charge is 0.489 e. The molecule has 3 aromatic rings. The third kappa shape index (κ3) is 7.34. The van der Waals surface area contributed by atoms with E-state index in [1.54, 1.807) is 48.5 Å². The molecule has 0 aromatic heterocycles. The summed E-state index contributed by atoms with van der Waals surface area (Å²) in [6, 6.07) is 18.3. The molecule has 0 aliphatic carbocycles. The first-order valence-corrected chi connectivity index (χ1v) is 12.4. The SMILES string of the molecule is Cc1cc(OCc2ccc(C(=O)NNC(=O)c3ccc(CS(C)(=O)=O)cc3)cc2)ccc1Cl. The summed E-state index contributed by atoms with van der Waals surface area (Å²) < 4.78 is 28.4. The van der Waals surface area contributed by atoms with Crippen LogP contribution in [-0.2, 0) is 22.2 Å². The third-order valence-corrected chi connectivity index (χ3v) is 5.97. The molecular formula is C24H23ClN2O5S. The monoisotopic (exact) mass is 486 g/mol. The Hall–Kier alpha value is -3.36. The molecule has 0 saturated heterocycles. The molecule has 0 unspecified atom stereocenters. The van der Waals surface area contributed by atoms with E-state index in [2.05, 4.69) is 10.9 Å². The summed E-state index contributed by atoms with van der Waals surface area (Å²) in [5, 5.41) is 0.675. The number of rotatable bonds is 7. The van der Waals surface area contributed by atoms with Gasteiger partial charge in [-0.1, -0.05) is 35.9 Å². The van der Waals surface area contributed by atoms with Crippen molar-refractivity contribution in [1.29, 1.82) is 0 Å². The Labute approximate surface area is 197 Å². The van der Waals surface area contributed by atoms with Gasteiger partial charge in [-0.3, -0.25) is 20.4 Å². The Morgan fingerprint density at radius 1 is 0.848 bits per heavy atom. The molecule has 7 nitrogen and oxygen atoms in total. The highest BCUT2D eigenvalue weighted by atomic mass is 35.5. The number of amides is 2. The van der Waals surface area contributed by atoms with Crippen LogP contribution in [0.15, 0.2) is 66.7 Å². The van der Waals surface area contributed by atoms with Gasteiger partial charge in [0.1, 0.15) is 12.4 Å². The number of aryl methyl sites for hydroxylation is 1. The molecule has 0 spiro atoms. The molecule has 0 bridgehead atoms. The van der Waals surface area contributed by atoms with Crippen LogP contribution in [0.4, 0.5) is 0 Å². The van der Waals surface area contributed by atoms with Crippen molar-refractivity contribution in [2.24, 2.45) is 0 Å². The minimum Gasteiger partial charge on any atom is -0.489 e. The number of halogens is 1. The lowest BCUT2D eigenvalue weighted by atomic mass is 10.1. The zero-order valence-corrected chi connectivity index (χ0v) is 19.7. The Morgan fingerprint density at radius 3 is 1.85 bits per heavy atom. The maximum atomic E-state index is 12.3. The van der Waals surface area contributed by atoms with Gasteiger partial charge in [0.05, 0.1) is 5.75 Å². The number of sulfone groups is 1. The second-order valence-electron chi connectivity index (χ2n) is 7.57. The average Bonchev–Trinajstić information content (AvgIpc) is 2.78. The fourth-order valence-electron chi connectivity index (χ4n) is 2.94. The summed E-state index contributed by atoms with van der Waals surface area (Å²) in [6.07, 6.45) is 1.14. The normalized spacial score (nSPS) is 11.0. The highest BCUT2D eigenvalue weighted by Crippen LogP contribution is 2.22. The molecule has 0 aliphatic rings. The molecule has 3 rings (SSSR count). The van der Waals surface area contributed by atoms with Crippen molar-refractivity contribution >= 4 is 33.3 Å². The average molecular weight is 487 g/mol. The number of carbonyl (C=O) groups is 2. The van der Waals surface area contributed by atoms with Gasteiger partial charge < -0.3 is 4.74 Å². The minimum atomic E-state index is -3.16. The van der Waals surface area contributed by atoms with Crippen molar-refractivity contribution in [3.63, 3.8) is 0 Å². The number of hydrogen-bond acceptors (Lipinski definition) is 5. The van der Waals surface area contributed by atoms with E-state index >= 15 is 0 Å². The van der Waals surface area contributed by atoms with Gasteiger partial charge in [0.15, 0.2) is 9.84 Å². The number of ether oxygens (including phenoxy) is 1. The zero-order valence-electron chi connectivity index (χ0n) is 18.1. The Bertz CT molecular complexity index is 1260. The molecule has 2 amide bonds. The van der Waals surface area contributed by atoms with Gasteiger partial charge in [-0.25, -0.2) is 8.42 Å². The van der Waals surface area contributed by atoms with Crippen molar-refractivity contribution in [1.82, 2.24) is 10.9 Å². The van der Waals surface area contributed by atoms with E-state index in [0.717, 1.165) is 17.4 Å². The first-order chi connectivity index (χ1) is 15.6. The second kappa shape index (κ2) is 10.5. The third-order valence-electron chi connectivity index (χ3n) is 4.69. The van der Waals surface area contributed by atoms with Gasteiger partial charge in [0.25, 0.3) is 11.8 Å². The molecule has 0 aliphatic heterocycles. The summed E-state index contributed by atoms with van der Waals surface area (Å²) in [5.41, 5.74) is 7.73. The molecular weight excluding hydrogens is 464 g/mol. The first kappa shape index (κ1) is 24.3. The van der Waals surface area contributed by atoms with Gasteiger partial charge in [0, 0.05) is 22.4 Å². The Balaban J connectivity index is 1.50. The number of hydrogen-bond donors (Lipinski definition) is 2. The van der Waals surface area contributed by atoms with Crippen LogP contribution >= 0.6 is 11.6 Å². The smallest absolute Gasteiger partial charge is 0.269 e. The number of carbonyl (C=O) groups excluding carboxylic acids is 2. The number of benzene rings is 3. The molecule has 0 fully saturated rings. The maximum Gasteiger partial charge on any atom is 0.269 e. The number of nitrogens with one attached hydrogen (secondary N) is 2. The van der Waals surface area contributed by atoms with E-state index in [0.29, 0.717) is 28.5 Å². The standard InChI is InChI=1S/C24H23ClN2O5S/c1-16-13-21(11-12-22(16)25)32-14-17-3-7-19(8-4-17)23(28)26-27-24(29)20-9-5-18(6-10-20)15-33(2,30)31/h3-13H,14-15H2,1-2H3,(H,26,28)(H,27,29). The molecule has 33 heavy (non-hydrogen) atoms. The summed E-state index contributed by atoms with van der Waals surface area (Å²) in [5.74, 6) is -0.396. The summed E-state index contributed by atoms with van der Waals surface area (Å²) in [7, 11) is -3.16. The van der Waals surface area contributed by atoms with E-state index in [1.807, 2.05) is 13.0 Å². The van der Waals surface area contributed by atoms with E-state index in [1.165, 1.54) is 12.1 Å². The highest BCUT2D eigenvalue weighted by Gasteiger charge is 2.11. The molecule has 0 heterocycles. The van der Waals surface area contributed by atoms with E-state index in [9.17, 15) is 18.0 Å². The van der Waals surface area contributed by atoms with E-state index in [4.69, 9.17) is 16.3 Å². The van der Waals surface area contributed by atoms with E-state index in [-0.39, 0.29) is 11.3 Å². The van der Waals surface area contributed by atoms with Crippen LogP contribution in [0.1, 0.15) is 37.4 Å². The second-order valence-corrected chi connectivity index (χ2v) is 10.1. The molecule has 0 saturated carbocycles. The van der Waals surface area contributed by atoms with Crippen LogP contribution in [-0.4, -0.2) is 26.5 Å². The predicted octanol–water partition coefficient (Wildman–Crippen LogP) is 3.85. The lowest BCUT2D eigenvalue weighted by Crippen LogP contribution is -2.41. The van der Waals surface area contributed by atoms with Gasteiger partial charge in [-0.2, -0.15) is 0 Å². The van der Waals surface area contributed by atoms with E-state index < -0.39 is 21.7 Å². The van der Waals surface area contributed by atoms with Crippen LogP contribution < -0.4 is 15.6 Å². The quantitative estimate of drug-likeness (QED) is 0.494. The van der Waals surface area contributed by atoms with Crippen LogP contribution in [0.5, 0.6) is 5.75 Å². The predicted molar refractivity (Wildman–Crippen MR) is 127 cm³/mol. The van der Waals surface area contributed by atoms with Gasteiger partial charge >= 0.3 is 0 Å². The first-order valence-electron chi connectivity index (χ1n) is 9.96. The topological polar surface area (TPSA) is 102 Å². The van der Waals surface area contributed by atoms with Crippen molar-refractivity contribution in [3.8, 4) is 5.75 Å². The minimum absolute atomic E-state index is 0.105. The van der Waals surface area contributed by atoms with Crippen molar-refractivity contribution < 1.29 is 22.7 Å². The molecule has 3 aromatic carbocycles. The Kier molecular flexibility index (Phi) is 7.73. The fourth-order valence-corrected chi connectivity index (χ4v) is 3.85. The van der Waals surface area contributed by atoms with Gasteiger partial charge in [0.2, 0.25) is 0 Å². The van der Waals surface area contributed by atoms with Crippen molar-refractivity contribution in [3.05, 3.63) is 99.6 Å². The van der Waals surface area contributed by atoms with Crippen LogP contribution in [0.3, 0.4) is 0 Å². The van der Waals surface area contributed by atoms with Crippen LogP contribution in [0.2, 0.25) is 5.02 Å². The van der Waals surface area contributed by atoms with Crippen molar-refractivity contribution in [2.45, 2.75) is 19.3 Å². The Morgan fingerprint density at radius 2 is 1.36 bits per heavy atom. The number of hydrazine groups is 1.